The number of benzene rings is 1. The zero-order valence-corrected chi connectivity index (χ0v) is 8.34. The molecule has 70 valence electrons. The molecule has 0 fully saturated rings. The van der Waals surface area contributed by atoms with E-state index < -0.39 is 0 Å². The van der Waals surface area contributed by atoms with E-state index in [9.17, 15) is 0 Å². The quantitative estimate of drug-likeness (QED) is 0.505. The molecular formula is C12H16O. The second-order valence-corrected chi connectivity index (χ2v) is 3.19. The predicted molar refractivity (Wildman–Crippen MR) is 56.2 cm³/mol. The summed E-state index contributed by atoms with van der Waals surface area (Å²) in [5.41, 5.74) is 2.47. The van der Waals surface area contributed by atoms with E-state index in [1.807, 2.05) is 12.1 Å². The Morgan fingerprint density at radius 2 is 2.15 bits per heavy atom. The van der Waals surface area contributed by atoms with E-state index in [2.05, 4.69) is 32.6 Å². The van der Waals surface area contributed by atoms with Gasteiger partial charge >= 0.3 is 0 Å². The fourth-order valence-corrected chi connectivity index (χ4v) is 1.21. The van der Waals surface area contributed by atoms with Crippen LogP contribution in [0.2, 0.25) is 0 Å². The van der Waals surface area contributed by atoms with Crippen LogP contribution in [0, 0.1) is 13.8 Å². The molecule has 13 heavy (non-hydrogen) atoms. The van der Waals surface area contributed by atoms with Crippen LogP contribution in [-0.4, -0.2) is 6.61 Å². The lowest BCUT2D eigenvalue weighted by atomic mass is 10.1. The Labute approximate surface area is 80.0 Å². The number of aryl methyl sites for hydroxylation is 2. The predicted octanol–water partition coefficient (Wildman–Crippen LogP) is 3.26. The highest BCUT2D eigenvalue weighted by atomic mass is 16.5. The normalized spacial score (nSPS) is 9.69. The molecular weight excluding hydrogens is 160 g/mol. The third-order valence-electron chi connectivity index (χ3n) is 1.91. The molecule has 1 aromatic rings. The fourth-order valence-electron chi connectivity index (χ4n) is 1.21. The van der Waals surface area contributed by atoms with Crippen molar-refractivity contribution >= 4 is 0 Å². The Morgan fingerprint density at radius 3 is 2.77 bits per heavy atom. The Balaban J connectivity index is 2.61. The summed E-state index contributed by atoms with van der Waals surface area (Å²) < 4.78 is 5.56. The largest absolute Gasteiger partial charge is 0.493 e. The van der Waals surface area contributed by atoms with Gasteiger partial charge in [0.05, 0.1) is 6.61 Å². The van der Waals surface area contributed by atoms with E-state index in [-0.39, 0.29) is 0 Å². The number of hydrogen-bond donors (Lipinski definition) is 0. The average Bonchev–Trinajstić information content (AvgIpc) is 2.09. The third-order valence-corrected chi connectivity index (χ3v) is 1.91. The minimum absolute atomic E-state index is 0.716. The van der Waals surface area contributed by atoms with Crippen LogP contribution in [0.25, 0.3) is 0 Å². The van der Waals surface area contributed by atoms with E-state index in [4.69, 9.17) is 4.74 Å². The lowest BCUT2D eigenvalue weighted by molar-refractivity contribution is 0.323. The lowest BCUT2D eigenvalue weighted by Gasteiger charge is -2.08. The molecule has 0 spiro atoms. The van der Waals surface area contributed by atoms with Crippen LogP contribution in [0.15, 0.2) is 30.9 Å². The number of ether oxygens (including phenoxy) is 1. The number of hydrogen-bond acceptors (Lipinski definition) is 1. The highest BCUT2D eigenvalue weighted by Gasteiger charge is 1.97. The molecule has 0 unspecified atom stereocenters. The standard InChI is InChI=1S/C12H16O/c1-4-5-8-13-12-7-6-10(2)9-11(12)3/h4,6-7,9H,1,5,8H2,2-3H3. The maximum atomic E-state index is 5.56. The van der Waals surface area contributed by atoms with Gasteiger partial charge in [0, 0.05) is 0 Å². The molecule has 0 amide bonds. The van der Waals surface area contributed by atoms with E-state index in [1.54, 1.807) is 0 Å². The van der Waals surface area contributed by atoms with Gasteiger partial charge in [-0.15, -0.1) is 6.58 Å². The van der Waals surface area contributed by atoms with Crippen LogP contribution in [0.5, 0.6) is 5.75 Å². The van der Waals surface area contributed by atoms with Gasteiger partial charge in [0.15, 0.2) is 0 Å². The highest BCUT2D eigenvalue weighted by Crippen LogP contribution is 2.18. The van der Waals surface area contributed by atoms with Gasteiger partial charge in [0.1, 0.15) is 5.75 Å². The van der Waals surface area contributed by atoms with Crippen LogP contribution >= 0.6 is 0 Å². The van der Waals surface area contributed by atoms with Crippen LogP contribution in [0.1, 0.15) is 17.5 Å². The zero-order valence-electron chi connectivity index (χ0n) is 8.34. The molecule has 1 aromatic carbocycles. The van der Waals surface area contributed by atoms with Gasteiger partial charge in [-0.25, -0.2) is 0 Å². The first-order chi connectivity index (χ1) is 6.24. The molecule has 0 saturated heterocycles. The van der Waals surface area contributed by atoms with E-state index in [0.29, 0.717) is 6.61 Å². The van der Waals surface area contributed by atoms with Crippen molar-refractivity contribution < 1.29 is 4.74 Å². The van der Waals surface area contributed by atoms with E-state index in [1.165, 1.54) is 11.1 Å². The smallest absolute Gasteiger partial charge is 0.122 e. The highest BCUT2D eigenvalue weighted by molar-refractivity contribution is 5.35. The van der Waals surface area contributed by atoms with Gasteiger partial charge in [0.25, 0.3) is 0 Å². The van der Waals surface area contributed by atoms with Gasteiger partial charge in [-0.2, -0.15) is 0 Å². The summed E-state index contributed by atoms with van der Waals surface area (Å²) in [6.45, 7) is 8.51. The Bertz CT molecular complexity index is 289. The van der Waals surface area contributed by atoms with Gasteiger partial charge in [-0.05, 0) is 31.9 Å². The Morgan fingerprint density at radius 1 is 1.38 bits per heavy atom. The Hall–Kier alpha value is -1.24. The minimum atomic E-state index is 0.716. The molecule has 1 heteroatoms. The molecule has 0 bridgehead atoms. The molecule has 0 N–H and O–H groups in total. The molecule has 0 heterocycles. The van der Waals surface area contributed by atoms with Gasteiger partial charge in [-0.1, -0.05) is 23.8 Å². The fraction of sp³-hybridized carbons (Fsp3) is 0.333. The first-order valence-corrected chi connectivity index (χ1v) is 4.55. The van der Waals surface area contributed by atoms with Gasteiger partial charge < -0.3 is 4.74 Å². The monoisotopic (exact) mass is 176 g/mol. The van der Waals surface area contributed by atoms with E-state index >= 15 is 0 Å². The summed E-state index contributed by atoms with van der Waals surface area (Å²) in [5.74, 6) is 0.979. The summed E-state index contributed by atoms with van der Waals surface area (Å²) in [6.07, 6.45) is 2.76. The van der Waals surface area contributed by atoms with Crippen molar-refractivity contribution in [2.24, 2.45) is 0 Å². The molecule has 0 aliphatic heterocycles. The minimum Gasteiger partial charge on any atom is -0.493 e. The van der Waals surface area contributed by atoms with E-state index in [0.717, 1.165) is 12.2 Å². The second-order valence-electron chi connectivity index (χ2n) is 3.19. The lowest BCUT2D eigenvalue weighted by Crippen LogP contribution is -1.97. The molecule has 0 aliphatic carbocycles. The van der Waals surface area contributed by atoms with Crippen molar-refractivity contribution in [1.82, 2.24) is 0 Å². The maximum absolute atomic E-state index is 5.56. The van der Waals surface area contributed by atoms with Crippen molar-refractivity contribution in [1.29, 1.82) is 0 Å². The van der Waals surface area contributed by atoms with Crippen molar-refractivity contribution in [3.8, 4) is 5.75 Å². The molecule has 0 aromatic heterocycles. The van der Waals surface area contributed by atoms with Crippen molar-refractivity contribution in [3.63, 3.8) is 0 Å². The first kappa shape index (κ1) is 9.85. The zero-order chi connectivity index (χ0) is 9.68. The SMILES string of the molecule is C=CCCOc1ccc(C)cc1C. The maximum Gasteiger partial charge on any atom is 0.122 e. The molecule has 1 rings (SSSR count). The molecule has 0 radical (unpaired) electrons. The van der Waals surface area contributed by atoms with Crippen LogP contribution in [0.4, 0.5) is 0 Å². The van der Waals surface area contributed by atoms with Crippen molar-refractivity contribution in [2.75, 3.05) is 6.61 Å². The topological polar surface area (TPSA) is 9.23 Å². The molecule has 0 atom stereocenters. The molecule has 1 nitrogen and oxygen atoms in total. The van der Waals surface area contributed by atoms with Crippen molar-refractivity contribution in [2.45, 2.75) is 20.3 Å². The molecule has 0 aliphatic rings. The number of rotatable bonds is 4. The summed E-state index contributed by atoms with van der Waals surface area (Å²) >= 11 is 0. The Kier molecular flexibility index (Phi) is 3.56. The van der Waals surface area contributed by atoms with Crippen LogP contribution < -0.4 is 4.74 Å². The summed E-state index contributed by atoms with van der Waals surface area (Å²) in [6, 6.07) is 6.22. The first-order valence-electron chi connectivity index (χ1n) is 4.55. The average molecular weight is 176 g/mol. The van der Waals surface area contributed by atoms with Gasteiger partial charge in [-0.3, -0.25) is 0 Å². The summed E-state index contributed by atoms with van der Waals surface area (Å²) in [5, 5.41) is 0. The third kappa shape index (κ3) is 2.94. The molecule has 0 saturated carbocycles. The summed E-state index contributed by atoms with van der Waals surface area (Å²) in [7, 11) is 0. The van der Waals surface area contributed by atoms with Gasteiger partial charge in [0.2, 0.25) is 0 Å². The van der Waals surface area contributed by atoms with Crippen LogP contribution in [-0.2, 0) is 0 Å². The van der Waals surface area contributed by atoms with Crippen LogP contribution in [0.3, 0.4) is 0 Å². The second kappa shape index (κ2) is 4.70. The van der Waals surface area contributed by atoms with Crippen molar-refractivity contribution in [3.05, 3.63) is 42.0 Å². The summed E-state index contributed by atoms with van der Waals surface area (Å²) in [4.78, 5) is 0.